The standard InChI is InChI=1S/C28H20Cl4N8O3/c29-14-5-16-22(34-12-24(41)42)8-23(39-26(16)19(31)6-14)17-11-37-40-28(17)43-4-3-33-21-7-20(13-9-35-36-10-13)38-27-15(21)1-2-18(30)25(27)32/h1-2,5-11H,3-4,12H2,(H,33,38)(H,34,39)(H,35,36)(H,37,40)(H,41,42). The molecule has 0 saturated carbocycles. The number of carboxylic acids is 1. The molecular weight excluding hydrogens is 638 g/mol. The lowest BCUT2D eigenvalue weighted by molar-refractivity contribution is -0.134. The van der Waals surface area contributed by atoms with Gasteiger partial charge in [0.15, 0.2) is 0 Å². The number of H-pyrrole nitrogens is 2. The highest BCUT2D eigenvalue weighted by molar-refractivity contribution is 6.45. The lowest BCUT2D eigenvalue weighted by Gasteiger charge is -2.14. The van der Waals surface area contributed by atoms with Gasteiger partial charge in [-0.15, -0.1) is 0 Å². The number of hydrogen-bond acceptors (Lipinski definition) is 8. The van der Waals surface area contributed by atoms with Gasteiger partial charge >= 0.3 is 5.97 Å². The number of halogens is 4. The maximum absolute atomic E-state index is 11.3. The summed E-state index contributed by atoms with van der Waals surface area (Å²) in [5.74, 6) is -0.653. The number of fused-ring (bicyclic) bond motifs is 2. The summed E-state index contributed by atoms with van der Waals surface area (Å²) in [5, 5.41) is 32.1. The number of ether oxygens (including phenoxy) is 1. The van der Waals surface area contributed by atoms with Gasteiger partial charge in [0, 0.05) is 45.5 Å². The first-order valence-electron chi connectivity index (χ1n) is 12.7. The molecule has 0 aliphatic carbocycles. The number of carbonyl (C=O) groups is 1. The number of carboxylic acid groups (broad SMARTS) is 1. The molecule has 15 heteroatoms. The van der Waals surface area contributed by atoms with Crippen molar-refractivity contribution in [2.24, 2.45) is 0 Å². The molecule has 4 heterocycles. The summed E-state index contributed by atoms with van der Waals surface area (Å²) in [7, 11) is 0. The van der Waals surface area contributed by atoms with Crippen molar-refractivity contribution in [3.05, 3.63) is 75.1 Å². The summed E-state index contributed by atoms with van der Waals surface area (Å²) in [5.41, 5.74) is 4.77. The molecule has 6 aromatic rings. The van der Waals surface area contributed by atoms with E-state index in [4.69, 9.17) is 61.1 Å². The number of aromatic amines is 2. The van der Waals surface area contributed by atoms with Crippen molar-refractivity contribution < 1.29 is 14.6 Å². The third-order valence-corrected chi connectivity index (χ3v) is 7.77. The minimum atomic E-state index is -1.02. The molecule has 0 fully saturated rings. The number of nitrogens with one attached hydrogen (secondary N) is 4. The third-order valence-electron chi connectivity index (χ3n) is 6.47. The van der Waals surface area contributed by atoms with E-state index >= 15 is 0 Å². The molecule has 0 spiro atoms. The van der Waals surface area contributed by atoms with Crippen LogP contribution in [0.4, 0.5) is 11.4 Å². The van der Waals surface area contributed by atoms with E-state index < -0.39 is 5.97 Å². The Morgan fingerprint density at radius 3 is 2.47 bits per heavy atom. The van der Waals surface area contributed by atoms with Crippen LogP contribution in [0.25, 0.3) is 44.3 Å². The summed E-state index contributed by atoms with van der Waals surface area (Å²) in [6.45, 7) is 0.339. The normalized spacial score (nSPS) is 11.3. The molecule has 11 nitrogen and oxygen atoms in total. The zero-order valence-corrected chi connectivity index (χ0v) is 24.9. The van der Waals surface area contributed by atoms with Gasteiger partial charge in [-0.05, 0) is 36.4 Å². The third kappa shape index (κ3) is 5.98. The van der Waals surface area contributed by atoms with Crippen molar-refractivity contribution in [1.82, 2.24) is 30.4 Å². The molecule has 0 atom stereocenters. The van der Waals surface area contributed by atoms with E-state index in [0.717, 1.165) is 16.6 Å². The smallest absolute Gasteiger partial charge is 0.322 e. The number of nitrogens with zero attached hydrogens (tertiary/aromatic N) is 4. The molecule has 2 aromatic carbocycles. The zero-order valence-electron chi connectivity index (χ0n) is 21.9. The molecule has 0 unspecified atom stereocenters. The number of pyridine rings is 2. The maximum Gasteiger partial charge on any atom is 0.322 e. The summed E-state index contributed by atoms with van der Waals surface area (Å²) >= 11 is 25.4. The Bertz CT molecular complexity index is 1980. The van der Waals surface area contributed by atoms with Crippen molar-refractivity contribution >= 4 is 85.6 Å². The van der Waals surface area contributed by atoms with Crippen LogP contribution in [0.5, 0.6) is 5.88 Å². The van der Waals surface area contributed by atoms with Gasteiger partial charge in [-0.2, -0.15) is 10.2 Å². The second-order valence-electron chi connectivity index (χ2n) is 9.27. The zero-order chi connectivity index (χ0) is 30.1. The first-order chi connectivity index (χ1) is 20.8. The SMILES string of the molecule is O=C(O)CNc1cc(-c2cn[nH]c2OCCNc2cc(-c3cn[nH]c3)nc3c(Cl)c(Cl)ccc23)nc2c(Cl)cc(Cl)cc12. The number of benzene rings is 2. The average molecular weight is 658 g/mol. The molecule has 6 rings (SSSR count). The van der Waals surface area contributed by atoms with Crippen LogP contribution in [0.15, 0.2) is 55.0 Å². The maximum atomic E-state index is 11.3. The Hall–Kier alpha value is -4.29. The van der Waals surface area contributed by atoms with Crippen LogP contribution in [0.2, 0.25) is 20.1 Å². The predicted octanol–water partition coefficient (Wildman–Crippen LogP) is 7.16. The van der Waals surface area contributed by atoms with E-state index in [9.17, 15) is 9.90 Å². The van der Waals surface area contributed by atoms with Crippen LogP contribution < -0.4 is 15.4 Å². The summed E-state index contributed by atoms with van der Waals surface area (Å²) in [4.78, 5) is 20.6. The summed E-state index contributed by atoms with van der Waals surface area (Å²) < 4.78 is 6.04. The molecule has 0 amide bonds. The quantitative estimate of drug-likeness (QED) is 0.0965. The lowest BCUT2D eigenvalue weighted by atomic mass is 10.1. The summed E-state index contributed by atoms with van der Waals surface area (Å²) in [6, 6.07) is 10.4. The van der Waals surface area contributed by atoms with Crippen LogP contribution in [0.3, 0.4) is 0 Å². The van der Waals surface area contributed by atoms with Crippen LogP contribution in [-0.2, 0) is 4.79 Å². The van der Waals surface area contributed by atoms with E-state index in [0.29, 0.717) is 71.6 Å². The molecule has 0 aliphatic rings. The minimum Gasteiger partial charge on any atom is -0.480 e. The highest BCUT2D eigenvalue weighted by Crippen LogP contribution is 2.37. The van der Waals surface area contributed by atoms with Gasteiger partial charge in [-0.1, -0.05) is 46.4 Å². The van der Waals surface area contributed by atoms with E-state index in [1.165, 1.54) is 0 Å². The molecule has 4 aromatic heterocycles. The Morgan fingerprint density at radius 2 is 1.67 bits per heavy atom. The van der Waals surface area contributed by atoms with Crippen LogP contribution in [-0.4, -0.2) is 61.1 Å². The average Bonchev–Trinajstić information content (AvgIpc) is 3.69. The van der Waals surface area contributed by atoms with E-state index in [2.05, 4.69) is 31.0 Å². The predicted molar refractivity (Wildman–Crippen MR) is 169 cm³/mol. The van der Waals surface area contributed by atoms with Gasteiger partial charge < -0.3 is 20.5 Å². The lowest BCUT2D eigenvalue weighted by Crippen LogP contribution is -2.13. The van der Waals surface area contributed by atoms with E-state index in [1.807, 2.05) is 12.1 Å². The molecular formula is C28H20Cl4N8O3. The van der Waals surface area contributed by atoms with Crippen molar-refractivity contribution in [2.75, 3.05) is 30.3 Å². The first-order valence-corrected chi connectivity index (χ1v) is 14.2. The van der Waals surface area contributed by atoms with E-state index in [-0.39, 0.29) is 13.2 Å². The highest BCUT2D eigenvalue weighted by Gasteiger charge is 2.17. The fraction of sp³-hybridized carbons (Fsp3) is 0.107. The van der Waals surface area contributed by atoms with Gasteiger partial charge in [-0.25, -0.2) is 15.1 Å². The molecule has 0 aliphatic heterocycles. The molecule has 0 bridgehead atoms. The number of anilines is 2. The van der Waals surface area contributed by atoms with Gasteiger partial charge in [0.05, 0.1) is 55.4 Å². The Kier molecular flexibility index (Phi) is 8.13. The number of hydrogen-bond donors (Lipinski definition) is 5. The van der Waals surface area contributed by atoms with Crippen molar-refractivity contribution in [3.8, 4) is 28.4 Å². The van der Waals surface area contributed by atoms with E-state index in [1.54, 1.807) is 42.9 Å². The van der Waals surface area contributed by atoms with Crippen molar-refractivity contribution in [2.45, 2.75) is 0 Å². The molecule has 0 saturated heterocycles. The minimum absolute atomic E-state index is 0.245. The van der Waals surface area contributed by atoms with Gasteiger partial charge in [0.2, 0.25) is 5.88 Å². The van der Waals surface area contributed by atoms with Crippen LogP contribution in [0, 0.1) is 0 Å². The molecule has 43 heavy (non-hydrogen) atoms. The summed E-state index contributed by atoms with van der Waals surface area (Å²) in [6.07, 6.45) is 4.98. The van der Waals surface area contributed by atoms with Crippen molar-refractivity contribution in [1.29, 1.82) is 0 Å². The molecule has 5 N–H and O–H groups in total. The van der Waals surface area contributed by atoms with Gasteiger partial charge in [0.1, 0.15) is 13.2 Å². The van der Waals surface area contributed by atoms with Crippen LogP contribution >= 0.6 is 46.4 Å². The van der Waals surface area contributed by atoms with Gasteiger partial charge in [0.25, 0.3) is 0 Å². The number of aliphatic carboxylic acids is 1. The Morgan fingerprint density at radius 1 is 0.884 bits per heavy atom. The monoisotopic (exact) mass is 656 g/mol. The van der Waals surface area contributed by atoms with Crippen LogP contribution in [0.1, 0.15) is 0 Å². The fourth-order valence-electron chi connectivity index (χ4n) is 4.53. The number of rotatable bonds is 10. The van der Waals surface area contributed by atoms with Crippen molar-refractivity contribution in [3.63, 3.8) is 0 Å². The topological polar surface area (TPSA) is 154 Å². The Balaban J connectivity index is 1.25. The Labute approximate surface area is 263 Å². The highest BCUT2D eigenvalue weighted by atomic mass is 35.5. The second kappa shape index (κ2) is 12.1. The molecule has 0 radical (unpaired) electrons. The second-order valence-corrected chi connectivity index (χ2v) is 10.9. The largest absolute Gasteiger partial charge is 0.480 e. The fourth-order valence-corrected chi connectivity index (χ4v) is 5.43. The molecule has 218 valence electrons. The van der Waals surface area contributed by atoms with Gasteiger partial charge in [-0.3, -0.25) is 9.89 Å². The number of aromatic nitrogens is 6. The first kappa shape index (κ1) is 28.8.